The number of hydrazone groups is 1. The molecule has 0 spiro atoms. The van der Waals surface area contributed by atoms with Crippen molar-refractivity contribution in [3.05, 3.63) is 119 Å². The van der Waals surface area contributed by atoms with Crippen molar-refractivity contribution in [1.29, 1.82) is 0 Å². The van der Waals surface area contributed by atoms with Gasteiger partial charge in [-0.2, -0.15) is 18.3 Å². The smallest absolute Gasteiger partial charge is 0.431 e. The highest BCUT2D eigenvalue weighted by Crippen LogP contribution is 2.39. The molecule has 47 heavy (non-hydrogen) atoms. The molecule has 3 atom stereocenters. The molecule has 2 aliphatic heterocycles. The highest BCUT2D eigenvalue weighted by Gasteiger charge is 2.54. The summed E-state index contributed by atoms with van der Waals surface area (Å²) < 4.78 is 67.2. The van der Waals surface area contributed by atoms with E-state index in [1.807, 2.05) is 25.1 Å². The first-order valence-corrected chi connectivity index (χ1v) is 15.0. The number of imide groups is 1. The molecule has 1 fully saturated rings. The lowest BCUT2D eigenvalue weighted by Gasteiger charge is -2.30. The van der Waals surface area contributed by atoms with Gasteiger partial charge in [0.1, 0.15) is 36.0 Å². The highest BCUT2D eigenvalue weighted by atomic mass is 19.4. The molecule has 0 N–H and O–H groups in total. The van der Waals surface area contributed by atoms with Gasteiger partial charge in [-0.05, 0) is 71.5 Å². The molecular weight excluding hydrogens is 614 g/mol. The number of ether oxygens (including phenoxy) is 2. The van der Waals surface area contributed by atoms with Crippen LogP contribution in [0, 0.1) is 18.7 Å². The molecule has 1 unspecified atom stereocenters. The van der Waals surface area contributed by atoms with E-state index in [0.29, 0.717) is 28.9 Å². The molecule has 4 aromatic rings. The van der Waals surface area contributed by atoms with Crippen molar-refractivity contribution in [2.24, 2.45) is 11.0 Å². The van der Waals surface area contributed by atoms with E-state index < -0.39 is 41.9 Å². The summed E-state index contributed by atoms with van der Waals surface area (Å²) in [6.07, 6.45) is -5.20. The lowest BCUT2D eigenvalue weighted by molar-refractivity contribution is -0.131. The van der Waals surface area contributed by atoms with E-state index in [-0.39, 0.29) is 18.1 Å². The van der Waals surface area contributed by atoms with Crippen molar-refractivity contribution >= 4 is 23.4 Å². The van der Waals surface area contributed by atoms with Crippen LogP contribution in [0.3, 0.4) is 0 Å². The number of benzene rings is 4. The normalized spacial score (nSPS) is 19.5. The zero-order chi connectivity index (χ0) is 33.5. The molecule has 6 rings (SSSR count). The van der Waals surface area contributed by atoms with Gasteiger partial charge in [0.15, 0.2) is 0 Å². The van der Waals surface area contributed by atoms with E-state index in [1.165, 1.54) is 20.1 Å². The van der Waals surface area contributed by atoms with Crippen LogP contribution < -0.4 is 9.75 Å². The Labute approximate surface area is 269 Å². The summed E-state index contributed by atoms with van der Waals surface area (Å²) in [6, 6.07) is 23.4. The summed E-state index contributed by atoms with van der Waals surface area (Å²) in [5.41, 5.74) is 3.67. The fourth-order valence-electron chi connectivity index (χ4n) is 6.11. The molecule has 0 bridgehead atoms. The molecule has 2 aliphatic rings. The second-order valence-electron chi connectivity index (χ2n) is 11.6. The lowest BCUT2D eigenvalue weighted by Crippen LogP contribution is -2.50. The highest BCUT2D eigenvalue weighted by molar-refractivity contribution is 6.05. The minimum absolute atomic E-state index is 0.105. The van der Waals surface area contributed by atoms with Gasteiger partial charge in [-0.15, -0.1) is 0 Å². The molecule has 11 heteroatoms. The van der Waals surface area contributed by atoms with Crippen molar-refractivity contribution in [2.75, 3.05) is 18.7 Å². The summed E-state index contributed by atoms with van der Waals surface area (Å²) in [6.45, 7) is 3.10. The van der Waals surface area contributed by atoms with Gasteiger partial charge in [0.25, 0.3) is 5.91 Å². The first-order valence-electron chi connectivity index (χ1n) is 15.0. The first kappa shape index (κ1) is 31.8. The van der Waals surface area contributed by atoms with Gasteiger partial charge in [-0.3, -0.25) is 9.80 Å². The third kappa shape index (κ3) is 6.17. The van der Waals surface area contributed by atoms with E-state index in [1.54, 1.807) is 66.7 Å². The monoisotopic (exact) mass is 645 g/mol. The Morgan fingerprint density at radius 3 is 2.38 bits per heavy atom. The number of amides is 2. The number of alkyl halides is 3. The van der Waals surface area contributed by atoms with Gasteiger partial charge in [-0.25, -0.2) is 14.1 Å². The molecule has 2 heterocycles. The third-order valence-corrected chi connectivity index (χ3v) is 8.64. The summed E-state index contributed by atoms with van der Waals surface area (Å²) in [4.78, 5) is 27.6. The summed E-state index contributed by atoms with van der Waals surface area (Å²) in [7, 11) is 1.52. The van der Waals surface area contributed by atoms with E-state index in [9.17, 15) is 27.2 Å². The predicted molar refractivity (Wildman–Crippen MR) is 169 cm³/mol. The van der Waals surface area contributed by atoms with E-state index in [4.69, 9.17) is 9.47 Å². The zero-order valence-electron chi connectivity index (χ0n) is 25.8. The van der Waals surface area contributed by atoms with Gasteiger partial charge in [0.05, 0.1) is 12.8 Å². The largest absolute Gasteiger partial charge is 0.497 e. The first-order chi connectivity index (χ1) is 22.5. The molecule has 1 saturated heterocycles. The van der Waals surface area contributed by atoms with Crippen LogP contribution in [0.2, 0.25) is 0 Å². The second kappa shape index (κ2) is 12.5. The van der Waals surface area contributed by atoms with Crippen LogP contribution in [0.4, 0.5) is 28.0 Å². The summed E-state index contributed by atoms with van der Waals surface area (Å²) >= 11 is 0. The number of halogens is 4. The van der Waals surface area contributed by atoms with Crippen molar-refractivity contribution in [2.45, 2.75) is 38.5 Å². The average molecular weight is 646 g/mol. The fourth-order valence-corrected chi connectivity index (χ4v) is 6.11. The van der Waals surface area contributed by atoms with Crippen LogP contribution in [0.1, 0.15) is 35.2 Å². The van der Waals surface area contributed by atoms with Gasteiger partial charge >= 0.3 is 12.3 Å². The summed E-state index contributed by atoms with van der Waals surface area (Å²) in [5, 5.41) is 4.93. The van der Waals surface area contributed by atoms with Gasteiger partial charge in [0.2, 0.25) is 0 Å². The minimum Gasteiger partial charge on any atom is -0.497 e. The maximum absolute atomic E-state index is 14.6. The molecular formula is C36H31F4N3O4. The number of nitrogens with zero attached hydrogens (tertiary/aromatic N) is 3. The lowest BCUT2D eigenvalue weighted by atomic mass is 9.94. The number of anilines is 1. The Kier molecular flexibility index (Phi) is 8.48. The van der Waals surface area contributed by atoms with E-state index in [0.717, 1.165) is 26.6 Å². The van der Waals surface area contributed by atoms with Crippen molar-refractivity contribution < 1.29 is 36.6 Å². The van der Waals surface area contributed by atoms with Crippen molar-refractivity contribution in [3.63, 3.8) is 0 Å². The average Bonchev–Trinajstić information content (AvgIpc) is 3.62. The van der Waals surface area contributed by atoms with Crippen LogP contribution in [-0.4, -0.2) is 48.5 Å². The molecule has 242 valence electrons. The van der Waals surface area contributed by atoms with Crippen LogP contribution >= 0.6 is 0 Å². The maximum Gasteiger partial charge on any atom is 0.431 e. The number of rotatable bonds is 7. The molecule has 7 nitrogen and oxygen atoms in total. The Balaban J connectivity index is 1.26. The minimum atomic E-state index is -4.78. The topological polar surface area (TPSA) is 71.4 Å². The standard InChI is InChI=1S/C36H31F4N3O4/c1-21-17-26(29-19-28(46-3)15-16-30(29)37)12-11-25(21)18-23-9-13-27(14-10-23)43-32(22(2)33(41-43)36(38,39)40)34(44)42-31(20-47-35(42)45)24-7-5-4-6-8-24/h4-17,19,22,31-32H,18,20H2,1-3H3/t22-,31?,32+/m0/s1. The van der Waals surface area contributed by atoms with Crippen LogP contribution in [-0.2, 0) is 16.0 Å². The number of methoxy groups -OCH3 is 1. The van der Waals surface area contributed by atoms with Crippen molar-refractivity contribution in [1.82, 2.24) is 4.90 Å². The van der Waals surface area contributed by atoms with Crippen LogP contribution in [0.25, 0.3) is 11.1 Å². The van der Waals surface area contributed by atoms with E-state index in [2.05, 4.69) is 5.10 Å². The molecule has 4 aromatic carbocycles. The number of aryl methyl sites for hydroxylation is 1. The number of carbonyl (C=O) groups excluding carboxylic acids is 2. The van der Waals surface area contributed by atoms with Crippen molar-refractivity contribution in [3.8, 4) is 16.9 Å². The summed E-state index contributed by atoms with van der Waals surface area (Å²) in [5.74, 6) is -2.01. The van der Waals surface area contributed by atoms with Crippen LogP contribution in [0.15, 0.2) is 96.1 Å². The third-order valence-electron chi connectivity index (χ3n) is 8.64. The molecule has 0 aliphatic carbocycles. The van der Waals surface area contributed by atoms with E-state index >= 15 is 0 Å². The Bertz CT molecular complexity index is 1840. The SMILES string of the molecule is COc1ccc(F)c(-c2ccc(Cc3ccc(N4N=C(C(F)(F)F)[C@@H](C)[C@@H]4C(=O)N4C(=O)OCC4c4ccccc4)cc3)c(C)c2)c1. The number of carbonyl (C=O) groups is 2. The maximum atomic E-state index is 14.6. The van der Waals surface area contributed by atoms with Gasteiger partial charge in [0, 0.05) is 11.5 Å². The molecule has 2 amide bonds. The number of hydrogen-bond acceptors (Lipinski definition) is 6. The van der Waals surface area contributed by atoms with Gasteiger partial charge < -0.3 is 9.47 Å². The predicted octanol–water partition coefficient (Wildman–Crippen LogP) is 7.86. The Hall–Kier alpha value is -5.19. The number of cyclic esters (lactones) is 1. The molecule has 0 aromatic heterocycles. The second-order valence-corrected chi connectivity index (χ2v) is 11.6. The zero-order valence-corrected chi connectivity index (χ0v) is 25.8. The quantitative estimate of drug-likeness (QED) is 0.192. The molecule has 0 saturated carbocycles. The van der Waals surface area contributed by atoms with Crippen LogP contribution in [0.5, 0.6) is 5.75 Å². The number of hydrogen-bond donors (Lipinski definition) is 0. The van der Waals surface area contributed by atoms with Gasteiger partial charge in [-0.1, -0.05) is 67.6 Å². The Morgan fingerprint density at radius 1 is 1.00 bits per heavy atom. The Morgan fingerprint density at radius 2 is 1.72 bits per heavy atom. The fraction of sp³-hybridized carbons (Fsp3) is 0.250. The molecule has 0 radical (unpaired) electrons.